The first-order chi connectivity index (χ1) is 13.0. The topological polar surface area (TPSA) is 81.2 Å². The second-order valence-corrected chi connectivity index (χ2v) is 7.83. The van der Waals surface area contributed by atoms with Gasteiger partial charge in [-0.3, -0.25) is 0 Å². The molecular formula is C20H21N3O3S. The van der Waals surface area contributed by atoms with Gasteiger partial charge >= 0.3 is 0 Å². The minimum Gasteiger partial charge on any atom is -0.496 e. The van der Waals surface area contributed by atoms with Gasteiger partial charge in [-0.15, -0.1) is 0 Å². The third-order valence-electron chi connectivity index (χ3n) is 4.12. The van der Waals surface area contributed by atoms with E-state index in [0.717, 1.165) is 16.7 Å². The van der Waals surface area contributed by atoms with Crippen LogP contribution < -0.4 is 9.46 Å². The molecule has 1 N–H and O–H groups in total. The fraction of sp³-hybridized carbons (Fsp3) is 0.200. The number of rotatable bonds is 7. The largest absolute Gasteiger partial charge is 0.496 e. The zero-order valence-electron chi connectivity index (χ0n) is 15.2. The third-order valence-corrected chi connectivity index (χ3v) is 5.58. The van der Waals surface area contributed by atoms with Gasteiger partial charge in [0.1, 0.15) is 5.75 Å². The Kier molecular flexibility index (Phi) is 5.83. The molecule has 0 spiro atoms. The smallest absolute Gasteiger partial charge is 0.240 e. The maximum Gasteiger partial charge on any atom is 0.240 e. The summed E-state index contributed by atoms with van der Waals surface area (Å²) in [4.78, 5) is 8.92. The fourth-order valence-corrected chi connectivity index (χ4v) is 3.77. The van der Waals surface area contributed by atoms with Crippen LogP contribution in [0, 0.1) is 6.92 Å². The first-order valence-corrected chi connectivity index (χ1v) is 9.98. The molecule has 0 unspecified atom stereocenters. The lowest BCUT2D eigenvalue weighted by Crippen LogP contribution is -2.26. The Morgan fingerprint density at radius 2 is 1.74 bits per heavy atom. The van der Waals surface area contributed by atoms with Crippen molar-refractivity contribution in [1.29, 1.82) is 0 Å². The van der Waals surface area contributed by atoms with Crippen molar-refractivity contribution < 1.29 is 13.2 Å². The summed E-state index contributed by atoms with van der Waals surface area (Å²) >= 11 is 0. The molecule has 0 bridgehead atoms. The molecule has 0 aliphatic rings. The van der Waals surface area contributed by atoms with Gasteiger partial charge in [0, 0.05) is 24.5 Å². The number of nitrogens with one attached hydrogen (secondary N) is 1. The van der Waals surface area contributed by atoms with Crippen LogP contribution in [0.5, 0.6) is 5.75 Å². The van der Waals surface area contributed by atoms with E-state index in [-0.39, 0.29) is 11.4 Å². The molecule has 0 aliphatic carbocycles. The molecule has 0 saturated heterocycles. The lowest BCUT2D eigenvalue weighted by atomic mass is 10.2. The quantitative estimate of drug-likeness (QED) is 0.678. The maximum atomic E-state index is 12.4. The van der Waals surface area contributed by atoms with E-state index in [1.165, 1.54) is 6.07 Å². The second kappa shape index (κ2) is 8.28. The van der Waals surface area contributed by atoms with Crippen LogP contribution >= 0.6 is 0 Å². The Balaban J connectivity index is 1.61. The SMILES string of the molecule is COc1ccc(S(=O)(=O)NCCc2cnc(-c3ccccc3)nc2)cc1C. The van der Waals surface area contributed by atoms with Gasteiger partial charge in [-0.2, -0.15) is 0 Å². The number of aryl methyl sites for hydroxylation is 1. The van der Waals surface area contributed by atoms with E-state index >= 15 is 0 Å². The van der Waals surface area contributed by atoms with Crippen molar-refractivity contribution in [2.24, 2.45) is 0 Å². The Morgan fingerprint density at radius 3 is 2.37 bits per heavy atom. The lowest BCUT2D eigenvalue weighted by Gasteiger charge is -2.10. The van der Waals surface area contributed by atoms with Gasteiger partial charge < -0.3 is 4.74 Å². The van der Waals surface area contributed by atoms with Crippen LogP contribution in [-0.2, 0) is 16.4 Å². The molecule has 0 saturated carbocycles. The Labute approximate surface area is 159 Å². The van der Waals surface area contributed by atoms with E-state index < -0.39 is 10.0 Å². The normalized spacial score (nSPS) is 11.3. The summed E-state index contributed by atoms with van der Waals surface area (Å²) in [7, 11) is -2.02. The molecule has 3 rings (SSSR count). The summed E-state index contributed by atoms with van der Waals surface area (Å²) in [6, 6.07) is 14.5. The zero-order valence-corrected chi connectivity index (χ0v) is 16.0. The van der Waals surface area contributed by atoms with Crippen LogP contribution in [0.25, 0.3) is 11.4 Å². The third kappa shape index (κ3) is 4.69. The molecule has 0 amide bonds. The molecule has 140 valence electrons. The number of benzene rings is 2. The van der Waals surface area contributed by atoms with Crippen molar-refractivity contribution in [3.63, 3.8) is 0 Å². The number of methoxy groups -OCH3 is 1. The highest BCUT2D eigenvalue weighted by Gasteiger charge is 2.15. The van der Waals surface area contributed by atoms with E-state index in [4.69, 9.17) is 4.74 Å². The van der Waals surface area contributed by atoms with Crippen molar-refractivity contribution in [2.45, 2.75) is 18.2 Å². The minimum atomic E-state index is -3.58. The van der Waals surface area contributed by atoms with Gasteiger partial charge in [-0.1, -0.05) is 30.3 Å². The van der Waals surface area contributed by atoms with Crippen LogP contribution in [0.2, 0.25) is 0 Å². The van der Waals surface area contributed by atoms with Crippen LogP contribution in [0.4, 0.5) is 0 Å². The molecule has 3 aromatic rings. The average Bonchev–Trinajstić information content (AvgIpc) is 2.69. The summed E-state index contributed by atoms with van der Waals surface area (Å²) in [5.74, 6) is 1.30. The number of hydrogen-bond donors (Lipinski definition) is 1. The standard InChI is InChI=1S/C20H21N3O3S/c1-15-12-18(8-9-19(15)26-2)27(24,25)23-11-10-16-13-21-20(22-14-16)17-6-4-3-5-7-17/h3-9,12-14,23H,10-11H2,1-2H3. The van der Waals surface area contributed by atoms with Gasteiger partial charge in [-0.05, 0) is 42.7 Å². The molecule has 27 heavy (non-hydrogen) atoms. The highest BCUT2D eigenvalue weighted by Crippen LogP contribution is 2.21. The number of nitrogens with zero attached hydrogens (tertiary/aromatic N) is 2. The van der Waals surface area contributed by atoms with Crippen molar-refractivity contribution in [3.8, 4) is 17.1 Å². The summed E-state index contributed by atoms with van der Waals surface area (Å²) in [6.07, 6.45) is 3.95. The molecule has 0 aliphatic heterocycles. The lowest BCUT2D eigenvalue weighted by molar-refractivity contribution is 0.411. The predicted octanol–water partition coefficient (Wildman–Crippen LogP) is 2.98. The first-order valence-electron chi connectivity index (χ1n) is 8.50. The molecular weight excluding hydrogens is 362 g/mol. The highest BCUT2D eigenvalue weighted by molar-refractivity contribution is 7.89. The molecule has 2 aromatic carbocycles. The van der Waals surface area contributed by atoms with Crippen LogP contribution in [0.15, 0.2) is 65.8 Å². The average molecular weight is 383 g/mol. The Hall–Kier alpha value is -2.77. The Bertz CT molecular complexity index is 1000. The number of sulfonamides is 1. The molecule has 0 radical (unpaired) electrons. The van der Waals surface area contributed by atoms with E-state index in [1.807, 2.05) is 37.3 Å². The van der Waals surface area contributed by atoms with E-state index in [1.54, 1.807) is 31.6 Å². The number of hydrogen-bond acceptors (Lipinski definition) is 5. The van der Waals surface area contributed by atoms with E-state index in [9.17, 15) is 8.42 Å². The van der Waals surface area contributed by atoms with Crippen molar-refractivity contribution in [2.75, 3.05) is 13.7 Å². The van der Waals surface area contributed by atoms with Gasteiger partial charge in [-0.25, -0.2) is 23.1 Å². The number of ether oxygens (including phenoxy) is 1. The summed E-state index contributed by atoms with van der Waals surface area (Å²) < 4.78 is 32.6. The molecule has 0 fully saturated rings. The van der Waals surface area contributed by atoms with Gasteiger partial charge in [0.15, 0.2) is 5.82 Å². The maximum absolute atomic E-state index is 12.4. The second-order valence-electron chi connectivity index (χ2n) is 6.06. The molecule has 7 heteroatoms. The summed E-state index contributed by atoms with van der Waals surface area (Å²) in [5.41, 5.74) is 2.58. The van der Waals surface area contributed by atoms with Crippen LogP contribution in [0.3, 0.4) is 0 Å². The fourth-order valence-electron chi connectivity index (χ4n) is 2.65. The van der Waals surface area contributed by atoms with Crippen LogP contribution in [-0.4, -0.2) is 32.0 Å². The molecule has 6 nitrogen and oxygen atoms in total. The Morgan fingerprint density at radius 1 is 1.04 bits per heavy atom. The van der Waals surface area contributed by atoms with E-state index in [2.05, 4.69) is 14.7 Å². The summed E-state index contributed by atoms with van der Waals surface area (Å²) in [6.45, 7) is 2.07. The van der Waals surface area contributed by atoms with Gasteiger partial charge in [0.05, 0.1) is 12.0 Å². The molecule has 1 aromatic heterocycles. The monoisotopic (exact) mass is 383 g/mol. The van der Waals surface area contributed by atoms with Gasteiger partial charge in [0.25, 0.3) is 0 Å². The number of aromatic nitrogens is 2. The van der Waals surface area contributed by atoms with Crippen molar-refractivity contribution in [1.82, 2.24) is 14.7 Å². The zero-order chi connectivity index (χ0) is 19.3. The predicted molar refractivity (Wildman–Crippen MR) is 104 cm³/mol. The van der Waals surface area contributed by atoms with E-state index in [0.29, 0.717) is 18.0 Å². The van der Waals surface area contributed by atoms with Crippen LogP contribution in [0.1, 0.15) is 11.1 Å². The highest BCUT2D eigenvalue weighted by atomic mass is 32.2. The van der Waals surface area contributed by atoms with Gasteiger partial charge in [0.2, 0.25) is 10.0 Å². The van der Waals surface area contributed by atoms with Crippen molar-refractivity contribution >= 4 is 10.0 Å². The summed E-state index contributed by atoms with van der Waals surface area (Å²) in [5, 5.41) is 0. The first kappa shape index (κ1) is 19.0. The molecule has 1 heterocycles. The molecule has 0 atom stereocenters. The van der Waals surface area contributed by atoms with Crippen molar-refractivity contribution in [3.05, 3.63) is 72.1 Å². The minimum absolute atomic E-state index is 0.219.